The summed E-state index contributed by atoms with van der Waals surface area (Å²) >= 11 is 0. The number of hydrogen-bond donors (Lipinski definition) is 0. The van der Waals surface area contributed by atoms with E-state index in [9.17, 15) is 4.79 Å². The standard InChI is InChI=1S/C16H13N3O3/c20-16(13-9-21-10-17-13)19-7-6-14-12(8-19)18-15(22-14)11-4-2-1-3-5-11/h1-5,9-10H,6-8H2. The monoisotopic (exact) mass is 295 g/mol. The van der Waals surface area contributed by atoms with Crippen LogP contribution in [0, 0.1) is 0 Å². The number of benzene rings is 1. The zero-order chi connectivity index (χ0) is 14.9. The molecule has 2 aromatic heterocycles. The van der Waals surface area contributed by atoms with E-state index in [1.165, 1.54) is 12.7 Å². The van der Waals surface area contributed by atoms with Gasteiger partial charge < -0.3 is 13.7 Å². The Labute approximate surface area is 126 Å². The largest absolute Gasteiger partial charge is 0.451 e. The fourth-order valence-electron chi connectivity index (χ4n) is 2.56. The Morgan fingerprint density at radius 3 is 2.86 bits per heavy atom. The minimum absolute atomic E-state index is 0.149. The molecule has 1 amide bonds. The summed E-state index contributed by atoms with van der Waals surface area (Å²) in [6.07, 6.45) is 3.26. The van der Waals surface area contributed by atoms with E-state index in [1.54, 1.807) is 4.90 Å². The molecule has 110 valence electrons. The van der Waals surface area contributed by atoms with Crippen molar-refractivity contribution in [2.45, 2.75) is 13.0 Å². The highest BCUT2D eigenvalue weighted by molar-refractivity contribution is 5.92. The maximum atomic E-state index is 12.3. The second-order valence-electron chi connectivity index (χ2n) is 5.11. The molecule has 4 rings (SSSR count). The van der Waals surface area contributed by atoms with Crippen LogP contribution in [0.5, 0.6) is 0 Å². The third kappa shape index (κ3) is 2.18. The molecule has 6 nitrogen and oxygen atoms in total. The highest BCUT2D eigenvalue weighted by Crippen LogP contribution is 2.26. The molecule has 0 N–H and O–H groups in total. The maximum absolute atomic E-state index is 12.3. The molecule has 1 aromatic carbocycles. The maximum Gasteiger partial charge on any atom is 0.276 e. The van der Waals surface area contributed by atoms with Gasteiger partial charge in [-0.15, -0.1) is 0 Å². The van der Waals surface area contributed by atoms with Crippen molar-refractivity contribution in [2.24, 2.45) is 0 Å². The van der Waals surface area contributed by atoms with Crippen LogP contribution in [0.1, 0.15) is 21.9 Å². The van der Waals surface area contributed by atoms with Crippen molar-refractivity contribution in [3.63, 3.8) is 0 Å². The summed E-state index contributed by atoms with van der Waals surface area (Å²) in [5.41, 5.74) is 2.06. The SMILES string of the molecule is O=C(c1cocn1)N1CCc2oc(-c3ccccc3)nc2C1. The van der Waals surface area contributed by atoms with Gasteiger partial charge in [-0.1, -0.05) is 18.2 Å². The second kappa shape index (κ2) is 5.14. The van der Waals surface area contributed by atoms with Crippen LogP contribution in [0.2, 0.25) is 0 Å². The normalized spacial score (nSPS) is 13.9. The molecule has 0 radical (unpaired) electrons. The molecule has 3 heterocycles. The van der Waals surface area contributed by atoms with Crippen molar-refractivity contribution < 1.29 is 13.6 Å². The number of oxazole rings is 2. The summed E-state index contributed by atoms with van der Waals surface area (Å²) in [7, 11) is 0. The van der Waals surface area contributed by atoms with E-state index in [4.69, 9.17) is 8.83 Å². The molecular formula is C16H13N3O3. The van der Waals surface area contributed by atoms with Crippen LogP contribution < -0.4 is 0 Å². The first-order chi connectivity index (χ1) is 10.8. The van der Waals surface area contributed by atoms with Crippen LogP contribution in [0.3, 0.4) is 0 Å². The molecule has 1 aliphatic heterocycles. The van der Waals surface area contributed by atoms with E-state index in [-0.39, 0.29) is 5.91 Å². The Hall–Kier alpha value is -2.89. The van der Waals surface area contributed by atoms with Gasteiger partial charge in [0.1, 0.15) is 17.7 Å². The third-order valence-electron chi connectivity index (χ3n) is 3.69. The van der Waals surface area contributed by atoms with E-state index >= 15 is 0 Å². The van der Waals surface area contributed by atoms with Gasteiger partial charge in [0, 0.05) is 18.5 Å². The van der Waals surface area contributed by atoms with Crippen molar-refractivity contribution >= 4 is 5.91 Å². The number of aromatic nitrogens is 2. The average molecular weight is 295 g/mol. The van der Waals surface area contributed by atoms with E-state index in [1.807, 2.05) is 30.3 Å². The van der Waals surface area contributed by atoms with Crippen LogP contribution in [0.4, 0.5) is 0 Å². The predicted molar refractivity (Wildman–Crippen MR) is 76.9 cm³/mol. The minimum atomic E-state index is -0.149. The highest BCUT2D eigenvalue weighted by atomic mass is 16.4. The van der Waals surface area contributed by atoms with Crippen molar-refractivity contribution in [2.75, 3.05) is 6.54 Å². The van der Waals surface area contributed by atoms with Gasteiger partial charge in [0.05, 0.1) is 6.54 Å². The van der Waals surface area contributed by atoms with Gasteiger partial charge in [0.2, 0.25) is 5.89 Å². The van der Waals surface area contributed by atoms with Crippen LogP contribution in [-0.4, -0.2) is 27.3 Å². The summed E-state index contributed by atoms with van der Waals surface area (Å²) in [5, 5.41) is 0. The topological polar surface area (TPSA) is 72.4 Å². The van der Waals surface area contributed by atoms with Gasteiger partial charge in [0.15, 0.2) is 12.1 Å². The van der Waals surface area contributed by atoms with Crippen molar-refractivity contribution in [3.05, 3.63) is 60.1 Å². The van der Waals surface area contributed by atoms with Gasteiger partial charge in [-0.3, -0.25) is 4.79 Å². The summed E-state index contributed by atoms with van der Waals surface area (Å²) in [6.45, 7) is 1.01. The zero-order valence-corrected chi connectivity index (χ0v) is 11.7. The first kappa shape index (κ1) is 12.8. The lowest BCUT2D eigenvalue weighted by atomic mass is 10.1. The lowest BCUT2D eigenvalue weighted by Gasteiger charge is -2.24. The van der Waals surface area contributed by atoms with Crippen molar-refractivity contribution in [3.8, 4) is 11.5 Å². The van der Waals surface area contributed by atoms with Crippen molar-refractivity contribution in [1.82, 2.24) is 14.9 Å². The molecule has 0 saturated carbocycles. The minimum Gasteiger partial charge on any atom is -0.451 e. The molecule has 0 bridgehead atoms. The number of carbonyl (C=O) groups excluding carboxylic acids is 1. The molecule has 0 atom stereocenters. The molecule has 0 aliphatic carbocycles. The summed E-state index contributed by atoms with van der Waals surface area (Å²) in [6, 6.07) is 9.74. The number of amides is 1. The fraction of sp³-hybridized carbons (Fsp3) is 0.188. The lowest BCUT2D eigenvalue weighted by molar-refractivity contribution is 0.0722. The van der Waals surface area contributed by atoms with Crippen LogP contribution in [0.25, 0.3) is 11.5 Å². The first-order valence-corrected chi connectivity index (χ1v) is 7.03. The van der Waals surface area contributed by atoms with E-state index < -0.39 is 0 Å². The molecule has 1 aliphatic rings. The van der Waals surface area contributed by atoms with Crippen LogP contribution >= 0.6 is 0 Å². The van der Waals surface area contributed by atoms with Gasteiger partial charge >= 0.3 is 0 Å². The van der Waals surface area contributed by atoms with E-state index in [0.29, 0.717) is 31.1 Å². The Balaban J connectivity index is 1.59. The van der Waals surface area contributed by atoms with Crippen LogP contribution in [0.15, 0.2) is 51.8 Å². The number of nitrogens with zero attached hydrogens (tertiary/aromatic N) is 3. The average Bonchev–Trinajstić information content (AvgIpc) is 3.23. The smallest absolute Gasteiger partial charge is 0.276 e. The molecule has 0 unspecified atom stereocenters. The first-order valence-electron chi connectivity index (χ1n) is 7.03. The summed E-state index contributed by atoms with van der Waals surface area (Å²) in [5.74, 6) is 1.30. The number of carbonyl (C=O) groups is 1. The van der Waals surface area contributed by atoms with E-state index in [0.717, 1.165) is 17.0 Å². The highest BCUT2D eigenvalue weighted by Gasteiger charge is 2.27. The number of hydrogen-bond acceptors (Lipinski definition) is 5. The Kier molecular flexibility index (Phi) is 3.00. The molecule has 22 heavy (non-hydrogen) atoms. The molecule has 0 saturated heterocycles. The van der Waals surface area contributed by atoms with Gasteiger partial charge in [-0.25, -0.2) is 9.97 Å². The molecule has 0 fully saturated rings. The molecule has 3 aromatic rings. The Morgan fingerprint density at radius 2 is 2.09 bits per heavy atom. The Morgan fingerprint density at radius 1 is 1.23 bits per heavy atom. The Bertz CT molecular complexity index is 793. The fourth-order valence-corrected chi connectivity index (χ4v) is 2.56. The van der Waals surface area contributed by atoms with Gasteiger partial charge in [-0.05, 0) is 12.1 Å². The lowest BCUT2D eigenvalue weighted by Crippen LogP contribution is -2.36. The zero-order valence-electron chi connectivity index (χ0n) is 11.7. The second-order valence-corrected chi connectivity index (χ2v) is 5.11. The predicted octanol–water partition coefficient (Wildman–Crippen LogP) is 2.53. The quantitative estimate of drug-likeness (QED) is 0.726. The van der Waals surface area contributed by atoms with Crippen molar-refractivity contribution in [1.29, 1.82) is 0 Å². The molecule has 6 heteroatoms. The summed E-state index contributed by atoms with van der Waals surface area (Å²) in [4.78, 5) is 22.4. The number of rotatable bonds is 2. The van der Waals surface area contributed by atoms with Gasteiger partial charge in [-0.2, -0.15) is 0 Å². The summed E-state index contributed by atoms with van der Waals surface area (Å²) < 4.78 is 10.7. The molecular weight excluding hydrogens is 282 g/mol. The molecule has 0 spiro atoms. The van der Waals surface area contributed by atoms with Crippen LogP contribution in [-0.2, 0) is 13.0 Å². The third-order valence-corrected chi connectivity index (χ3v) is 3.69. The number of fused-ring (bicyclic) bond motifs is 1. The van der Waals surface area contributed by atoms with E-state index in [2.05, 4.69) is 9.97 Å². The van der Waals surface area contributed by atoms with Gasteiger partial charge in [0.25, 0.3) is 5.91 Å².